The molecule has 4 nitrogen and oxygen atoms in total. The summed E-state index contributed by atoms with van der Waals surface area (Å²) in [4.78, 5) is 21.0. The number of thiophene rings is 1. The second-order valence-electron chi connectivity index (χ2n) is 14.3. The minimum absolute atomic E-state index is 0. The number of benzene rings is 4. The number of carbonyl (C=O) groups is 1. The van der Waals surface area contributed by atoms with E-state index in [1.165, 1.54) is 38.6 Å². The largest absolute Gasteiger partial charge is 0.512 e. The average Bonchev–Trinajstić information content (AvgIpc) is 3.47. The number of allylic oxidation sites excluding steroid dienone is 2. The number of carbonyl (C=O) groups excluding carboxylic acids is 1. The van der Waals surface area contributed by atoms with Gasteiger partial charge in [0.05, 0.1) is 11.3 Å². The molecule has 0 aliphatic carbocycles. The van der Waals surface area contributed by atoms with E-state index in [0.717, 1.165) is 63.3 Å². The molecule has 0 fully saturated rings. The second kappa shape index (κ2) is 17.2. The number of aliphatic hydroxyl groups excluding tert-OH is 1. The molecule has 51 heavy (non-hydrogen) atoms. The van der Waals surface area contributed by atoms with Gasteiger partial charge in [-0.25, -0.2) is 4.98 Å². The Morgan fingerprint density at radius 2 is 1.57 bits per heavy atom. The molecule has 0 unspecified atom stereocenters. The zero-order valence-corrected chi connectivity index (χ0v) is 34.6. The SMILES string of the molecule is CCC(CC)C(=O)/C=C(\O)C(CC)CC.[2H]c1cc(-c2ncnc3c2sc2cc(-c4c(C)cc(C(C)(C)C)cc4C)ccc23)[c-]c2ccccc12.[Ir]. The standard InChI is InChI=1S/C32H27N2S.C13H24O2.Ir/c1-19-14-25(32(3,4)5)15-20(2)28(19)23-12-13-26-27(17-23)35-31-29(33-18-34-30(26)31)24-11-10-21-8-6-7-9-22(21)16-24;1-5-10(6-2)12(14)9-13(15)11(7-3)8-4;/h6-15,17-18H,1-5H3;9-11,14H,5-8H2,1-4H3;/q-1;;/b;12-9-;/i10D;;. The van der Waals surface area contributed by atoms with Crippen LogP contribution in [0.1, 0.15) is 92.2 Å². The molecule has 0 saturated heterocycles. The second-order valence-corrected chi connectivity index (χ2v) is 15.4. The van der Waals surface area contributed by atoms with E-state index in [0.29, 0.717) is 6.04 Å². The van der Waals surface area contributed by atoms with E-state index in [9.17, 15) is 9.90 Å². The van der Waals surface area contributed by atoms with Crippen LogP contribution in [-0.2, 0) is 30.3 Å². The molecule has 6 rings (SSSR count). The smallest absolute Gasteiger partial charge is 0.162 e. The Balaban J connectivity index is 0.000000323. The van der Waals surface area contributed by atoms with Crippen LogP contribution in [0.15, 0.2) is 84.9 Å². The minimum Gasteiger partial charge on any atom is -0.512 e. The predicted molar refractivity (Wildman–Crippen MR) is 214 cm³/mol. The number of hydrogen-bond donors (Lipinski definition) is 1. The first-order chi connectivity index (χ1) is 24.3. The maximum atomic E-state index is 11.7. The van der Waals surface area contributed by atoms with Crippen molar-refractivity contribution in [3.63, 3.8) is 0 Å². The molecule has 4 aromatic carbocycles. The maximum Gasteiger partial charge on any atom is 0.162 e. The van der Waals surface area contributed by atoms with Crippen LogP contribution in [0, 0.1) is 31.7 Å². The van der Waals surface area contributed by atoms with Crippen molar-refractivity contribution in [2.45, 2.75) is 93.4 Å². The van der Waals surface area contributed by atoms with Crippen molar-refractivity contribution in [2.24, 2.45) is 11.8 Å². The van der Waals surface area contributed by atoms with Gasteiger partial charge in [-0.2, -0.15) is 0 Å². The van der Waals surface area contributed by atoms with Crippen LogP contribution in [0.4, 0.5) is 0 Å². The fourth-order valence-corrected chi connectivity index (χ4v) is 7.93. The average molecular weight is 877 g/mol. The van der Waals surface area contributed by atoms with Gasteiger partial charge in [-0.15, -0.1) is 41.0 Å². The summed E-state index contributed by atoms with van der Waals surface area (Å²) in [6, 6.07) is 25.1. The number of rotatable bonds is 9. The van der Waals surface area contributed by atoms with Crippen molar-refractivity contribution < 1.29 is 31.4 Å². The van der Waals surface area contributed by atoms with Gasteiger partial charge in [0.25, 0.3) is 0 Å². The van der Waals surface area contributed by atoms with Crippen LogP contribution in [0.5, 0.6) is 0 Å². The number of aromatic nitrogens is 2. The van der Waals surface area contributed by atoms with E-state index in [1.54, 1.807) is 17.7 Å². The molecule has 0 aliphatic heterocycles. The summed E-state index contributed by atoms with van der Waals surface area (Å²) in [7, 11) is 0. The number of ketones is 1. The van der Waals surface area contributed by atoms with Crippen molar-refractivity contribution in [3.8, 4) is 22.4 Å². The third-order valence-electron chi connectivity index (χ3n) is 9.85. The fraction of sp³-hybridized carbons (Fsp3) is 0.356. The molecule has 0 bridgehead atoms. The number of aryl methyl sites for hydroxylation is 2. The molecule has 6 aromatic rings. The molecule has 0 atom stereocenters. The molecule has 0 spiro atoms. The zero-order chi connectivity index (χ0) is 37.0. The van der Waals surface area contributed by atoms with Gasteiger partial charge in [-0.1, -0.05) is 102 Å². The van der Waals surface area contributed by atoms with Gasteiger partial charge >= 0.3 is 0 Å². The third kappa shape index (κ3) is 8.85. The Morgan fingerprint density at radius 3 is 2.20 bits per heavy atom. The van der Waals surface area contributed by atoms with Crippen LogP contribution in [-0.4, -0.2) is 20.9 Å². The summed E-state index contributed by atoms with van der Waals surface area (Å²) >= 11 is 1.72. The van der Waals surface area contributed by atoms with Crippen molar-refractivity contribution in [3.05, 3.63) is 108 Å². The number of aliphatic hydroxyl groups is 1. The normalized spacial score (nSPS) is 12.3. The Hall–Kier alpha value is -3.70. The van der Waals surface area contributed by atoms with Gasteiger partial charge in [-0.05, 0) is 78.8 Å². The topological polar surface area (TPSA) is 63.1 Å². The van der Waals surface area contributed by atoms with Crippen molar-refractivity contribution in [1.82, 2.24) is 9.97 Å². The Labute approximate surface area is 323 Å². The summed E-state index contributed by atoms with van der Waals surface area (Å²) in [5.74, 6) is 0.547. The maximum absolute atomic E-state index is 11.7. The van der Waals surface area contributed by atoms with Crippen LogP contribution in [0.2, 0.25) is 0 Å². The molecule has 269 valence electrons. The first kappa shape index (κ1) is 38.5. The molecule has 0 saturated carbocycles. The molecule has 1 radical (unpaired) electrons. The van der Waals surface area contributed by atoms with E-state index in [4.69, 9.17) is 1.37 Å². The molecule has 0 aliphatic rings. The number of nitrogens with zero attached hydrogens (tertiary/aromatic N) is 2. The molecule has 2 heterocycles. The molecule has 6 heteroatoms. The molecule has 0 amide bonds. The molecule has 2 aromatic heterocycles. The van der Waals surface area contributed by atoms with E-state index in [2.05, 4.69) is 81.0 Å². The van der Waals surface area contributed by atoms with E-state index in [-0.39, 0.29) is 48.9 Å². The summed E-state index contributed by atoms with van der Waals surface area (Å²) in [6.07, 6.45) is 6.54. The van der Waals surface area contributed by atoms with Gasteiger partial charge in [0, 0.05) is 59.9 Å². The van der Waals surface area contributed by atoms with Crippen molar-refractivity contribution >= 4 is 48.2 Å². The minimum atomic E-state index is 0. The Bertz CT molecular complexity index is 2200. The summed E-state index contributed by atoms with van der Waals surface area (Å²) in [5, 5.41) is 12.7. The monoisotopic (exact) mass is 877 g/mol. The third-order valence-corrected chi connectivity index (χ3v) is 11.0. The molecule has 1 N–H and O–H groups in total. The number of hydrogen-bond acceptors (Lipinski definition) is 5. The van der Waals surface area contributed by atoms with Gasteiger partial charge in [0.1, 0.15) is 6.33 Å². The van der Waals surface area contributed by atoms with E-state index < -0.39 is 0 Å². The van der Waals surface area contributed by atoms with Crippen molar-refractivity contribution in [2.75, 3.05) is 0 Å². The molecular weight excluding hydrogens is 825 g/mol. The quantitative estimate of drug-likeness (QED) is 0.0893. The van der Waals surface area contributed by atoms with E-state index in [1.807, 2.05) is 58.0 Å². The van der Waals surface area contributed by atoms with E-state index >= 15 is 0 Å². The van der Waals surface area contributed by atoms with Crippen LogP contribution >= 0.6 is 11.3 Å². The zero-order valence-electron chi connectivity index (χ0n) is 32.4. The van der Waals surface area contributed by atoms with Gasteiger partial charge in [0.15, 0.2) is 5.78 Å². The van der Waals surface area contributed by atoms with Gasteiger partial charge in [-0.3, -0.25) is 9.78 Å². The Kier molecular flexibility index (Phi) is 13.0. The predicted octanol–water partition coefficient (Wildman–Crippen LogP) is 12.9. The van der Waals surface area contributed by atoms with Crippen molar-refractivity contribution in [1.29, 1.82) is 0 Å². The number of fused-ring (bicyclic) bond motifs is 4. The Morgan fingerprint density at radius 1 is 0.922 bits per heavy atom. The van der Waals surface area contributed by atoms with Crippen LogP contribution < -0.4 is 0 Å². The van der Waals surface area contributed by atoms with Crippen LogP contribution in [0.3, 0.4) is 0 Å². The summed E-state index contributed by atoms with van der Waals surface area (Å²) in [6.45, 7) is 19.3. The van der Waals surface area contributed by atoms with Crippen LogP contribution in [0.25, 0.3) is 53.5 Å². The van der Waals surface area contributed by atoms with Gasteiger partial charge < -0.3 is 5.11 Å². The first-order valence-corrected chi connectivity index (χ1v) is 18.8. The summed E-state index contributed by atoms with van der Waals surface area (Å²) < 4.78 is 10.8. The molecular formula is C45H51IrN2O2S-. The van der Waals surface area contributed by atoms with Gasteiger partial charge in [0.2, 0.25) is 0 Å². The summed E-state index contributed by atoms with van der Waals surface area (Å²) in [5.41, 5.74) is 9.24. The first-order valence-electron chi connectivity index (χ1n) is 18.5. The fourth-order valence-electron chi connectivity index (χ4n) is 6.73.